The van der Waals surface area contributed by atoms with Gasteiger partial charge in [-0.1, -0.05) is 57.9 Å². The SMILES string of the molecule is CCOP(c1cccc(Br)c1)c1c(C)n(S(=O)(=O)c2ccccc2)c2ccc(Cl)cc12. The van der Waals surface area contributed by atoms with Crippen molar-refractivity contribution < 1.29 is 12.9 Å². The maximum absolute atomic E-state index is 13.6. The fourth-order valence-corrected chi connectivity index (χ4v) is 8.07. The number of benzene rings is 3. The number of hydrogen-bond acceptors (Lipinski definition) is 3. The quantitative estimate of drug-likeness (QED) is 0.285. The smallest absolute Gasteiger partial charge is 0.268 e. The molecule has 31 heavy (non-hydrogen) atoms. The van der Waals surface area contributed by atoms with Crippen molar-refractivity contribution in [2.45, 2.75) is 18.7 Å². The molecule has 3 aromatic carbocycles. The van der Waals surface area contributed by atoms with E-state index in [9.17, 15) is 8.42 Å². The van der Waals surface area contributed by atoms with Crippen LogP contribution in [0.5, 0.6) is 0 Å². The van der Waals surface area contributed by atoms with Gasteiger partial charge in [0.05, 0.1) is 18.6 Å². The van der Waals surface area contributed by atoms with E-state index in [0.29, 0.717) is 22.8 Å². The first-order chi connectivity index (χ1) is 14.8. The standard InChI is InChI=1S/C23H20BrClNO3PS/c1-3-29-30(19-9-7-8-17(24)14-19)23-16(2)26(22-13-12-18(25)15-21(22)23)31(27,28)20-10-5-4-6-11-20/h4-15H,3H2,1-2H3. The molecule has 1 heterocycles. The molecule has 0 saturated heterocycles. The van der Waals surface area contributed by atoms with Crippen LogP contribution in [0.1, 0.15) is 12.6 Å². The van der Waals surface area contributed by atoms with Crippen molar-refractivity contribution in [3.63, 3.8) is 0 Å². The Morgan fingerprint density at radius 3 is 2.45 bits per heavy atom. The van der Waals surface area contributed by atoms with Crippen LogP contribution in [-0.2, 0) is 14.5 Å². The lowest BCUT2D eigenvalue weighted by molar-refractivity contribution is 0.388. The average Bonchev–Trinajstić information content (AvgIpc) is 3.04. The van der Waals surface area contributed by atoms with E-state index >= 15 is 0 Å². The molecule has 0 aliphatic heterocycles. The summed E-state index contributed by atoms with van der Waals surface area (Å²) in [7, 11) is -5.08. The van der Waals surface area contributed by atoms with Crippen LogP contribution in [0.2, 0.25) is 5.02 Å². The second kappa shape index (κ2) is 9.05. The first-order valence-corrected chi connectivity index (χ1v) is 13.5. The first kappa shape index (κ1) is 22.5. The minimum absolute atomic E-state index is 0.236. The van der Waals surface area contributed by atoms with Crippen molar-refractivity contribution in [1.29, 1.82) is 0 Å². The highest BCUT2D eigenvalue weighted by atomic mass is 79.9. The van der Waals surface area contributed by atoms with Crippen LogP contribution in [0.15, 0.2) is 82.2 Å². The highest BCUT2D eigenvalue weighted by molar-refractivity contribution is 9.10. The molecule has 0 radical (unpaired) electrons. The van der Waals surface area contributed by atoms with Crippen LogP contribution in [-0.4, -0.2) is 19.0 Å². The van der Waals surface area contributed by atoms with Crippen molar-refractivity contribution in [2.75, 3.05) is 6.61 Å². The van der Waals surface area contributed by atoms with Gasteiger partial charge in [-0.05, 0) is 56.3 Å². The van der Waals surface area contributed by atoms with Crippen molar-refractivity contribution in [2.24, 2.45) is 0 Å². The number of aromatic nitrogens is 1. The second-order valence-corrected chi connectivity index (χ2v) is 11.8. The van der Waals surface area contributed by atoms with E-state index in [1.807, 2.05) is 44.2 Å². The first-order valence-electron chi connectivity index (χ1n) is 9.64. The minimum atomic E-state index is -3.81. The lowest BCUT2D eigenvalue weighted by Gasteiger charge is -2.19. The molecular weight excluding hydrogens is 517 g/mol. The fraction of sp³-hybridized carbons (Fsp3) is 0.130. The van der Waals surface area contributed by atoms with E-state index in [2.05, 4.69) is 15.9 Å². The predicted octanol–water partition coefficient (Wildman–Crippen LogP) is 5.99. The van der Waals surface area contributed by atoms with Crippen LogP contribution in [0, 0.1) is 6.92 Å². The van der Waals surface area contributed by atoms with Crippen molar-refractivity contribution in [1.82, 2.24) is 3.97 Å². The van der Waals surface area contributed by atoms with Crippen LogP contribution >= 0.6 is 35.7 Å². The molecule has 0 saturated carbocycles. The summed E-state index contributed by atoms with van der Waals surface area (Å²) in [5, 5.41) is 3.17. The molecule has 0 amide bonds. The highest BCUT2D eigenvalue weighted by Crippen LogP contribution is 2.42. The van der Waals surface area contributed by atoms with Gasteiger partial charge in [-0.25, -0.2) is 12.4 Å². The number of halogens is 2. The molecule has 0 N–H and O–H groups in total. The Balaban J connectivity index is 2.05. The highest BCUT2D eigenvalue weighted by Gasteiger charge is 2.30. The molecule has 0 aliphatic rings. The summed E-state index contributed by atoms with van der Waals surface area (Å²) in [6, 6.07) is 21.7. The van der Waals surface area contributed by atoms with E-state index in [4.69, 9.17) is 16.1 Å². The topological polar surface area (TPSA) is 48.3 Å². The van der Waals surface area contributed by atoms with Gasteiger partial charge in [-0.2, -0.15) is 0 Å². The monoisotopic (exact) mass is 535 g/mol. The van der Waals surface area contributed by atoms with Gasteiger partial charge >= 0.3 is 0 Å². The zero-order valence-electron chi connectivity index (χ0n) is 16.9. The molecule has 0 fully saturated rings. The van der Waals surface area contributed by atoms with Crippen LogP contribution in [0.4, 0.5) is 0 Å². The van der Waals surface area contributed by atoms with E-state index in [1.165, 1.54) is 3.97 Å². The molecule has 4 rings (SSSR count). The third-order valence-electron chi connectivity index (χ3n) is 4.87. The van der Waals surface area contributed by atoms with Gasteiger partial charge in [0.15, 0.2) is 0 Å². The van der Waals surface area contributed by atoms with E-state index < -0.39 is 18.2 Å². The van der Waals surface area contributed by atoms with Gasteiger partial charge < -0.3 is 4.52 Å². The van der Waals surface area contributed by atoms with Crippen LogP contribution in [0.3, 0.4) is 0 Å². The lowest BCUT2D eigenvalue weighted by Crippen LogP contribution is -2.20. The number of nitrogens with zero attached hydrogens (tertiary/aromatic N) is 1. The van der Waals surface area contributed by atoms with Gasteiger partial charge in [-0.15, -0.1) is 0 Å². The molecular formula is C23H20BrClNO3PS. The molecule has 4 aromatic rings. The van der Waals surface area contributed by atoms with E-state index in [1.54, 1.807) is 42.5 Å². The zero-order valence-corrected chi connectivity index (χ0v) is 21.0. The summed E-state index contributed by atoms with van der Waals surface area (Å²) in [6.45, 7) is 4.27. The molecule has 0 aliphatic carbocycles. The Labute approximate surface area is 196 Å². The van der Waals surface area contributed by atoms with Gasteiger partial charge in [0.1, 0.15) is 0 Å². The van der Waals surface area contributed by atoms with Gasteiger partial charge in [0.25, 0.3) is 10.0 Å². The normalized spacial score (nSPS) is 12.9. The summed E-state index contributed by atoms with van der Waals surface area (Å²) in [5.41, 5.74) is 1.21. The summed E-state index contributed by atoms with van der Waals surface area (Å²) >= 11 is 9.87. The largest absolute Gasteiger partial charge is 0.350 e. The van der Waals surface area contributed by atoms with Crippen LogP contribution in [0.25, 0.3) is 10.9 Å². The maximum atomic E-state index is 13.6. The molecule has 160 valence electrons. The maximum Gasteiger partial charge on any atom is 0.268 e. The Bertz CT molecular complexity index is 1360. The lowest BCUT2D eigenvalue weighted by atomic mass is 10.2. The zero-order chi connectivity index (χ0) is 22.2. The molecule has 8 heteroatoms. The number of rotatable bonds is 6. The number of hydrogen-bond donors (Lipinski definition) is 0. The predicted molar refractivity (Wildman–Crippen MR) is 133 cm³/mol. The van der Waals surface area contributed by atoms with Crippen molar-refractivity contribution >= 4 is 67.2 Å². The summed E-state index contributed by atoms with van der Waals surface area (Å²) < 4.78 is 35.8. The molecule has 1 aromatic heterocycles. The fourth-order valence-electron chi connectivity index (χ4n) is 3.61. The molecule has 0 spiro atoms. The Hall–Kier alpha value is -1.69. The molecule has 4 nitrogen and oxygen atoms in total. The van der Waals surface area contributed by atoms with Gasteiger partial charge in [0, 0.05) is 37.8 Å². The number of fused-ring (bicyclic) bond motifs is 1. The Morgan fingerprint density at radius 1 is 1.03 bits per heavy atom. The molecule has 1 atom stereocenters. The summed E-state index contributed by atoms with van der Waals surface area (Å²) in [4.78, 5) is 0.236. The minimum Gasteiger partial charge on any atom is -0.350 e. The summed E-state index contributed by atoms with van der Waals surface area (Å²) in [5.74, 6) is 0. The summed E-state index contributed by atoms with van der Waals surface area (Å²) in [6.07, 6.45) is 0. The van der Waals surface area contributed by atoms with Crippen molar-refractivity contribution in [3.05, 3.63) is 88.0 Å². The average molecular weight is 537 g/mol. The Morgan fingerprint density at radius 2 is 1.77 bits per heavy atom. The van der Waals surface area contributed by atoms with Crippen molar-refractivity contribution in [3.8, 4) is 0 Å². The molecule has 1 unspecified atom stereocenters. The second-order valence-electron chi connectivity index (χ2n) is 6.87. The third-order valence-corrected chi connectivity index (χ3v) is 9.65. The third kappa shape index (κ3) is 4.20. The van der Waals surface area contributed by atoms with Gasteiger partial charge in [-0.3, -0.25) is 0 Å². The molecule has 0 bridgehead atoms. The van der Waals surface area contributed by atoms with E-state index in [0.717, 1.165) is 20.5 Å². The van der Waals surface area contributed by atoms with Crippen LogP contribution < -0.4 is 10.6 Å². The van der Waals surface area contributed by atoms with E-state index in [-0.39, 0.29) is 4.90 Å². The Kier molecular flexibility index (Phi) is 6.57. The van der Waals surface area contributed by atoms with Gasteiger partial charge in [0.2, 0.25) is 0 Å².